The van der Waals surface area contributed by atoms with Gasteiger partial charge in [-0.25, -0.2) is 9.97 Å². The summed E-state index contributed by atoms with van der Waals surface area (Å²) in [5, 5.41) is 0.455. The van der Waals surface area contributed by atoms with E-state index < -0.39 is 0 Å². The van der Waals surface area contributed by atoms with Crippen molar-refractivity contribution in [1.82, 2.24) is 9.97 Å². The zero-order valence-electron chi connectivity index (χ0n) is 15.7. The summed E-state index contributed by atoms with van der Waals surface area (Å²) in [6.45, 7) is 1.78. The molecule has 4 aromatic rings. The zero-order chi connectivity index (χ0) is 18.3. The molecule has 0 radical (unpaired) electrons. The van der Waals surface area contributed by atoms with Gasteiger partial charge in [0.2, 0.25) is 0 Å². The van der Waals surface area contributed by atoms with E-state index in [2.05, 4.69) is 9.97 Å². The van der Waals surface area contributed by atoms with Crippen molar-refractivity contribution in [3.8, 4) is 22.4 Å². The monoisotopic (exact) mass is 299 g/mol. The second kappa shape index (κ2) is 5.65. The minimum Gasteiger partial charge on any atom is -0.233 e. The summed E-state index contributed by atoms with van der Waals surface area (Å²) in [7, 11) is 0. The van der Waals surface area contributed by atoms with E-state index in [1.165, 1.54) is 0 Å². The molecular formula is C21H16N2. The van der Waals surface area contributed by atoms with Gasteiger partial charge in [0.15, 0.2) is 0 Å². The van der Waals surface area contributed by atoms with E-state index in [0.29, 0.717) is 28.0 Å². The maximum atomic E-state index is 8.68. The Balaban J connectivity index is 2.14. The second-order valence-electron chi connectivity index (χ2n) is 5.33. The van der Waals surface area contributed by atoms with Crippen molar-refractivity contribution >= 4 is 10.9 Å². The molecule has 0 bridgehead atoms. The largest absolute Gasteiger partial charge is 0.233 e. The van der Waals surface area contributed by atoms with Crippen LogP contribution in [-0.2, 0) is 0 Å². The Bertz CT molecular complexity index is 1110. The van der Waals surface area contributed by atoms with Gasteiger partial charge in [-0.2, -0.15) is 0 Å². The second-order valence-corrected chi connectivity index (χ2v) is 5.33. The molecule has 0 aliphatic carbocycles. The lowest BCUT2D eigenvalue weighted by atomic mass is 10.0. The first-order valence-corrected chi connectivity index (χ1v) is 7.47. The normalized spacial score (nSPS) is 12.7. The van der Waals surface area contributed by atoms with Gasteiger partial charge >= 0.3 is 0 Å². The van der Waals surface area contributed by atoms with Gasteiger partial charge in [0, 0.05) is 10.9 Å². The molecule has 1 heterocycles. The van der Waals surface area contributed by atoms with Gasteiger partial charge in [-0.15, -0.1) is 0 Å². The van der Waals surface area contributed by atoms with Gasteiger partial charge in [-0.05, 0) is 30.1 Å². The van der Waals surface area contributed by atoms with Crippen molar-refractivity contribution < 1.29 is 4.11 Å². The van der Waals surface area contributed by atoms with Crippen LogP contribution in [0, 0.1) is 6.92 Å². The lowest BCUT2D eigenvalue weighted by molar-refractivity contribution is 1.10. The van der Waals surface area contributed by atoms with E-state index in [-0.39, 0.29) is 18.1 Å². The quantitative estimate of drug-likeness (QED) is 0.504. The molecule has 2 heteroatoms. The van der Waals surface area contributed by atoms with Crippen LogP contribution in [0.15, 0.2) is 78.8 Å². The van der Waals surface area contributed by atoms with E-state index in [1.807, 2.05) is 60.7 Å². The fourth-order valence-electron chi connectivity index (χ4n) is 2.61. The van der Waals surface area contributed by atoms with Crippen molar-refractivity contribution in [2.75, 3.05) is 0 Å². The first kappa shape index (κ1) is 10.7. The number of benzene rings is 3. The lowest BCUT2D eigenvalue weighted by Crippen LogP contribution is -1.94. The van der Waals surface area contributed by atoms with Gasteiger partial charge < -0.3 is 0 Å². The molecule has 0 atom stereocenters. The summed E-state index contributed by atoms with van der Waals surface area (Å²) in [6, 6.07) is 19.1. The highest BCUT2D eigenvalue weighted by atomic mass is 14.9. The predicted molar refractivity (Wildman–Crippen MR) is 95.1 cm³/mol. The van der Waals surface area contributed by atoms with Crippen LogP contribution < -0.4 is 0 Å². The first-order chi connectivity index (χ1) is 12.6. The number of nitrogens with zero attached hydrogens (tertiary/aromatic N) is 2. The van der Waals surface area contributed by atoms with Crippen LogP contribution in [0.1, 0.15) is 9.94 Å². The van der Waals surface area contributed by atoms with E-state index >= 15 is 0 Å². The molecular weight excluding hydrogens is 280 g/mol. The SMILES string of the molecule is [2H]c1c(-c2ccccc2)c([2H])c2nc(C)nc(-c3ccccc3)c2c1[2H]. The van der Waals surface area contributed by atoms with Crippen LogP contribution in [0.5, 0.6) is 0 Å². The third-order valence-electron chi connectivity index (χ3n) is 3.69. The van der Waals surface area contributed by atoms with Gasteiger partial charge in [0.1, 0.15) is 5.82 Å². The minimum absolute atomic E-state index is 0.0262. The molecule has 0 saturated heterocycles. The number of aromatic nitrogens is 2. The summed E-state index contributed by atoms with van der Waals surface area (Å²) in [5.41, 5.74) is 3.04. The van der Waals surface area contributed by atoms with Crippen LogP contribution in [0.3, 0.4) is 0 Å². The molecule has 0 amide bonds. The first-order valence-electron chi connectivity index (χ1n) is 8.97. The van der Waals surface area contributed by atoms with Crippen LogP contribution in [-0.4, -0.2) is 9.97 Å². The van der Waals surface area contributed by atoms with Crippen molar-refractivity contribution in [3.63, 3.8) is 0 Å². The molecule has 0 spiro atoms. The Kier molecular flexibility index (Phi) is 2.63. The van der Waals surface area contributed by atoms with Gasteiger partial charge in [0.05, 0.1) is 15.3 Å². The average molecular weight is 299 g/mol. The molecule has 0 N–H and O–H groups in total. The average Bonchev–Trinajstić information content (AvgIpc) is 2.67. The highest BCUT2D eigenvalue weighted by Crippen LogP contribution is 2.29. The molecule has 0 fully saturated rings. The van der Waals surface area contributed by atoms with Crippen LogP contribution in [0.2, 0.25) is 0 Å². The van der Waals surface area contributed by atoms with Gasteiger partial charge in [0.25, 0.3) is 0 Å². The molecule has 110 valence electrons. The van der Waals surface area contributed by atoms with Gasteiger partial charge in [-0.3, -0.25) is 0 Å². The Hall–Kier alpha value is -3.00. The zero-order valence-corrected chi connectivity index (χ0v) is 12.7. The number of hydrogen-bond acceptors (Lipinski definition) is 2. The van der Waals surface area contributed by atoms with Crippen molar-refractivity contribution in [1.29, 1.82) is 0 Å². The molecule has 0 aliphatic heterocycles. The van der Waals surface area contributed by atoms with Crippen LogP contribution in [0.25, 0.3) is 33.3 Å². The number of aryl methyl sites for hydroxylation is 1. The number of hydrogen-bond donors (Lipinski definition) is 0. The smallest absolute Gasteiger partial charge is 0.126 e. The van der Waals surface area contributed by atoms with E-state index in [1.54, 1.807) is 6.92 Å². The molecule has 0 aliphatic rings. The lowest BCUT2D eigenvalue weighted by Gasteiger charge is -2.09. The van der Waals surface area contributed by atoms with Crippen molar-refractivity contribution in [3.05, 3.63) is 84.6 Å². The van der Waals surface area contributed by atoms with E-state index in [4.69, 9.17) is 4.11 Å². The van der Waals surface area contributed by atoms with Gasteiger partial charge in [-0.1, -0.05) is 66.7 Å². The summed E-state index contributed by atoms with van der Waals surface area (Å²) in [5.74, 6) is 0.543. The van der Waals surface area contributed by atoms with Crippen molar-refractivity contribution in [2.45, 2.75) is 6.92 Å². The van der Waals surface area contributed by atoms with Crippen LogP contribution in [0.4, 0.5) is 0 Å². The van der Waals surface area contributed by atoms with Crippen LogP contribution >= 0.6 is 0 Å². The number of fused-ring (bicyclic) bond motifs is 1. The Labute approximate surface area is 139 Å². The Morgan fingerprint density at radius 3 is 2.09 bits per heavy atom. The molecule has 23 heavy (non-hydrogen) atoms. The summed E-state index contributed by atoms with van der Waals surface area (Å²) >= 11 is 0. The minimum atomic E-state index is 0.0262. The summed E-state index contributed by atoms with van der Waals surface area (Å²) in [6.07, 6.45) is 0. The van der Waals surface area contributed by atoms with E-state index in [9.17, 15) is 0 Å². The third-order valence-corrected chi connectivity index (χ3v) is 3.69. The molecule has 4 rings (SSSR count). The predicted octanol–water partition coefficient (Wildman–Crippen LogP) is 5.27. The molecule has 0 unspecified atom stereocenters. The summed E-state index contributed by atoms with van der Waals surface area (Å²) < 4.78 is 25.8. The third kappa shape index (κ3) is 2.59. The highest BCUT2D eigenvalue weighted by molar-refractivity contribution is 5.94. The molecule has 3 aromatic carbocycles. The van der Waals surface area contributed by atoms with Crippen molar-refractivity contribution in [2.24, 2.45) is 0 Å². The molecule has 0 saturated carbocycles. The fourth-order valence-corrected chi connectivity index (χ4v) is 2.61. The molecule has 1 aromatic heterocycles. The maximum absolute atomic E-state index is 8.68. The summed E-state index contributed by atoms with van der Waals surface area (Å²) in [4.78, 5) is 8.97. The Morgan fingerprint density at radius 1 is 0.739 bits per heavy atom. The standard InChI is InChI=1S/C21H16N2/c1-15-22-20-14-18(16-8-4-2-5-9-16)12-13-19(20)21(23-15)17-10-6-3-7-11-17/h2-14H,1H3/i12D,13D,14D. The maximum Gasteiger partial charge on any atom is 0.126 e. The molecule has 2 nitrogen and oxygen atoms in total. The topological polar surface area (TPSA) is 25.8 Å². The Morgan fingerprint density at radius 2 is 1.39 bits per heavy atom. The highest BCUT2D eigenvalue weighted by Gasteiger charge is 2.09. The number of rotatable bonds is 2. The fraction of sp³-hybridized carbons (Fsp3) is 0.0476. The van der Waals surface area contributed by atoms with E-state index in [0.717, 1.165) is 11.1 Å².